The second kappa shape index (κ2) is 5.47. The van der Waals surface area contributed by atoms with Gasteiger partial charge in [0.1, 0.15) is 11.6 Å². The number of nitrogens with zero attached hydrogens (tertiary/aromatic N) is 2. The van der Waals surface area contributed by atoms with Crippen molar-refractivity contribution in [1.29, 1.82) is 0 Å². The summed E-state index contributed by atoms with van der Waals surface area (Å²) in [6.45, 7) is 9.88. The van der Waals surface area contributed by atoms with E-state index in [2.05, 4.69) is 32.6 Å². The van der Waals surface area contributed by atoms with E-state index in [1.807, 2.05) is 34.6 Å². The van der Waals surface area contributed by atoms with E-state index in [0.29, 0.717) is 31.9 Å². The number of nitrogens with two attached hydrogens (primary N) is 1. The third kappa shape index (κ3) is 3.14. The predicted octanol–water partition coefficient (Wildman–Crippen LogP) is 3.61. The third-order valence-electron chi connectivity index (χ3n) is 2.93. The van der Waals surface area contributed by atoms with E-state index in [9.17, 15) is 5.11 Å². The Morgan fingerprint density at radius 3 is 2.43 bits per heavy atom. The Hall–Kier alpha value is -1.31. The molecule has 21 heavy (non-hydrogen) atoms. The predicted molar refractivity (Wildman–Crippen MR) is 92.8 cm³/mol. The number of hydrogen-bond acceptors (Lipinski definition) is 5. The molecule has 1 aromatic heterocycles. The second-order valence-electron chi connectivity index (χ2n) is 6.28. The number of ether oxygens (including phenoxy) is 1. The smallest absolute Gasteiger partial charge is 0.173 e. The molecule has 0 radical (unpaired) electrons. The van der Waals surface area contributed by atoms with Gasteiger partial charge in [-0.3, -0.25) is 0 Å². The van der Waals surface area contributed by atoms with Gasteiger partial charge in [-0.15, -0.1) is 0 Å². The van der Waals surface area contributed by atoms with Gasteiger partial charge in [0.25, 0.3) is 0 Å². The van der Waals surface area contributed by atoms with Crippen LogP contribution in [0.25, 0.3) is 10.9 Å². The Balaban J connectivity index is 2.75. The van der Waals surface area contributed by atoms with Crippen molar-refractivity contribution in [3.63, 3.8) is 0 Å². The average Bonchev–Trinajstić information content (AvgIpc) is 2.34. The molecule has 2 rings (SSSR count). The van der Waals surface area contributed by atoms with Crippen LogP contribution in [-0.4, -0.2) is 21.2 Å². The monoisotopic (exact) mass is 401 g/mol. The highest BCUT2D eigenvalue weighted by Crippen LogP contribution is 2.39. The lowest BCUT2D eigenvalue weighted by atomic mass is 9.95. The van der Waals surface area contributed by atoms with E-state index in [1.54, 1.807) is 6.07 Å². The van der Waals surface area contributed by atoms with Crippen molar-refractivity contribution in [2.45, 2.75) is 46.1 Å². The maximum Gasteiger partial charge on any atom is 0.173 e. The number of benzene rings is 1. The summed E-state index contributed by atoms with van der Waals surface area (Å²) in [7, 11) is 0. The van der Waals surface area contributed by atoms with Gasteiger partial charge in [-0.25, -0.2) is 9.97 Å². The highest BCUT2D eigenvalue weighted by atomic mass is 127. The molecular formula is C15H20IN3O2. The summed E-state index contributed by atoms with van der Waals surface area (Å²) in [6.07, 6.45) is -0.0415. The summed E-state index contributed by atoms with van der Waals surface area (Å²) >= 11 is 2.06. The number of halogens is 1. The molecule has 5 nitrogen and oxygen atoms in total. The zero-order valence-electron chi connectivity index (χ0n) is 12.9. The fraction of sp³-hybridized carbons (Fsp3) is 0.467. The molecule has 0 spiro atoms. The number of nitrogen functional groups attached to an aromatic ring is 1. The maximum atomic E-state index is 10.3. The normalized spacial score (nSPS) is 12.1. The van der Waals surface area contributed by atoms with Gasteiger partial charge >= 0.3 is 0 Å². The van der Waals surface area contributed by atoms with Crippen LogP contribution in [0.5, 0.6) is 11.5 Å². The molecule has 114 valence electrons. The Labute approximate surface area is 138 Å². The molecule has 6 heteroatoms. The number of aromatic nitrogens is 2. The zero-order chi connectivity index (χ0) is 15.9. The highest BCUT2D eigenvalue weighted by Gasteiger charge is 2.22. The minimum absolute atomic E-state index is 0.0415. The van der Waals surface area contributed by atoms with Gasteiger partial charge in [-0.05, 0) is 42.5 Å². The maximum absolute atomic E-state index is 10.3. The molecular weight excluding hydrogens is 381 g/mol. The summed E-state index contributed by atoms with van der Waals surface area (Å²) in [5, 5.41) is 11.0. The Kier molecular flexibility index (Phi) is 4.19. The van der Waals surface area contributed by atoms with Crippen LogP contribution in [0.2, 0.25) is 0 Å². The summed E-state index contributed by atoms with van der Waals surface area (Å²) in [5.41, 5.74) is 6.52. The summed E-state index contributed by atoms with van der Waals surface area (Å²) in [4.78, 5) is 8.96. The van der Waals surface area contributed by atoms with Crippen molar-refractivity contribution in [3.05, 3.63) is 15.5 Å². The van der Waals surface area contributed by atoms with Gasteiger partial charge in [-0.1, -0.05) is 20.8 Å². The molecule has 0 bridgehead atoms. The molecule has 0 aliphatic rings. The molecule has 0 aliphatic carbocycles. The Morgan fingerprint density at radius 2 is 1.90 bits per heavy atom. The van der Waals surface area contributed by atoms with Crippen LogP contribution < -0.4 is 10.5 Å². The molecule has 0 amide bonds. The first-order valence-corrected chi connectivity index (χ1v) is 7.85. The second-order valence-corrected chi connectivity index (χ2v) is 7.36. The number of phenols is 1. The first kappa shape index (κ1) is 16.1. The molecule has 3 N–H and O–H groups in total. The van der Waals surface area contributed by atoms with Crippen LogP contribution in [-0.2, 0) is 5.41 Å². The van der Waals surface area contributed by atoms with E-state index < -0.39 is 0 Å². The largest absolute Gasteiger partial charge is 0.503 e. The first-order valence-electron chi connectivity index (χ1n) is 6.77. The van der Waals surface area contributed by atoms with Crippen LogP contribution in [0.15, 0.2) is 6.07 Å². The lowest BCUT2D eigenvalue weighted by molar-refractivity contribution is 0.232. The van der Waals surface area contributed by atoms with Gasteiger partial charge in [0, 0.05) is 10.8 Å². The van der Waals surface area contributed by atoms with Crippen molar-refractivity contribution < 1.29 is 9.84 Å². The fourth-order valence-corrected chi connectivity index (χ4v) is 2.57. The molecule has 0 saturated heterocycles. The number of anilines is 1. The lowest BCUT2D eigenvalue weighted by Crippen LogP contribution is -2.17. The molecule has 2 aromatic rings. The SMILES string of the molecule is CC(C)Oc1cc2c(N)nc(C(C)(C)C)nc2c(I)c1O. The minimum Gasteiger partial charge on any atom is -0.503 e. The van der Waals surface area contributed by atoms with Crippen molar-refractivity contribution in [1.82, 2.24) is 9.97 Å². The summed E-state index contributed by atoms with van der Waals surface area (Å²) in [5.74, 6) is 1.55. The van der Waals surface area contributed by atoms with Crippen molar-refractivity contribution in [3.8, 4) is 11.5 Å². The molecule has 0 fully saturated rings. The van der Waals surface area contributed by atoms with Gasteiger partial charge in [0.15, 0.2) is 11.5 Å². The molecule has 0 unspecified atom stereocenters. The standard InChI is InChI=1S/C15H20IN3O2/c1-7(2)21-9-6-8-11(10(16)12(9)20)18-14(15(3,4)5)19-13(8)17/h6-7,20H,1-5H3,(H2,17,18,19). The van der Waals surface area contributed by atoms with Crippen LogP contribution in [0.1, 0.15) is 40.4 Å². The van der Waals surface area contributed by atoms with E-state index in [-0.39, 0.29) is 17.3 Å². The minimum atomic E-state index is -0.214. The van der Waals surface area contributed by atoms with Crippen LogP contribution in [0.3, 0.4) is 0 Å². The molecule has 1 aromatic carbocycles. The number of rotatable bonds is 2. The molecule has 0 saturated carbocycles. The van der Waals surface area contributed by atoms with Crippen molar-refractivity contribution in [2.24, 2.45) is 0 Å². The summed E-state index contributed by atoms with van der Waals surface area (Å²) < 4.78 is 6.25. The Bertz CT molecular complexity index is 694. The number of aromatic hydroxyl groups is 1. The highest BCUT2D eigenvalue weighted by molar-refractivity contribution is 14.1. The van der Waals surface area contributed by atoms with Crippen molar-refractivity contribution in [2.75, 3.05) is 5.73 Å². The van der Waals surface area contributed by atoms with Crippen LogP contribution in [0.4, 0.5) is 5.82 Å². The molecule has 1 heterocycles. The average molecular weight is 401 g/mol. The topological polar surface area (TPSA) is 81.3 Å². The van der Waals surface area contributed by atoms with Crippen molar-refractivity contribution >= 4 is 39.3 Å². The van der Waals surface area contributed by atoms with E-state index in [4.69, 9.17) is 10.5 Å². The number of fused-ring (bicyclic) bond motifs is 1. The molecule has 0 atom stereocenters. The van der Waals surface area contributed by atoms with Gasteiger partial charge < -0.3 is 15.6 Å². The Morgan fingerprint density at radius 1 is 1.29 bits per heavy atom. The van der Waals surface area contributed by atoms with E-state index in [1.165, 1.54) is 0 Å². The molecule has 0 aliphatic heterocycles. The number of hydrogen-bond donors (Lipinski definition) is 2. The van der Waals surface area contributed by atoms with E-state index >= 15 is 0 Å². The van der Waals surface area contributed by atoms with Crippen LogP contribution >= 0.6 is 22.6 Å². The number of phenolic OH excluding ortho intramolecular Hbond substituents is 1. The zero-order valence-corrected chi connectivity index (χ0v) is 15.0. The van der Waals surface area contributed by atoms with E-state index in [0.717, 1.165) is 0 Å². The quantitative estimate of drug-likeness (QED) is 0.752. The van der Waals surface area contributed by atoms with Crippen LogP contribution in [0, 0.1) is 3.57 Å². The van der Waals surface area contributed by atoms with Gasteiger partial charge in [-0.2, -0.15) is 0 Å². The third-order valence-corrected chi connectivity index (χ3v) is 3.96. The lowest BCUT2D eigenvalue weighted by Gasteiger charge is -2.19. The summed E-state index contributed by atoms with van der Waals surface area (Å²) in [6, 6.07) is 1.70. The van der Waals surface area contributed by atoms with Gasteiger partial charge in [0.2, 0.25) is 0 Å². The fourth-order valence-electron chi connectivity index (χ4n) is 1.90. The van der Waals surface area contributed by atoms with Gasteiger partial charge in [0.05, 0.1) is 15.2 Å². The first-order chi connectivity index (χ1) is 9.61.